The molecule has 1 aromatic carbocycles. The van der Waals surface area contributed by atoms with Crippen molar-refractivity contribution in [3.05, 3.63) is 34.9 Å². The molecule has 4 atom stereocenters. The number of likely N-dealkylation sites (tertiary alicyclic amines) is 1. The number of nitrogens with zero attached hydrogens (tertiary/aromatic N) is 1. The summed E-state index contributed by atoms with van der Waals surface area (Å²) in [5.41, 5.74) is 6.70. The van der Waals surface area contributed by atoms with Crippen LogP contribution in [-0.4, -0.2) is 48.7 Å². The van der Waals surface area contributed by atoms with E-state index in [1.807, 2.05) is 30.9 Å². The minimum Gasteiger partial charge on any atom is -0.362 e. The molecule has 2 amide bonds. The number of carbonyl (C=O) groups is 2. The van der Waals surface area contributed by atoms with E-state index in [1.165, 1.54) is 5.56 Å². The maximum Gasteiger partial charge on any atom is 0.245 e. The van der Waals surface area contributed by atoms with Gasteiger partial charge in [-0.1, -0.05) is 51.4 Å². The molecule has 2 fully saturated rings. The normalized spacial score (nSPS) is 26.2. The van der Waals surface area contributed by atoms with E-state index in [2.05, 4.69) is 31.3 Å². The molecule has 3 N–H and O–H groups in total. The highest BCUT2D eigenvalue weighted by Crippen LogP contribution is 2.42. The van der Waals surface area contributed by atoms with Gasteiger partial charge >= 0.3 is 0 Å². The van der Waals surface area contributed by atoms with Crippen LogP contribution >= 0.6 is 11.6 Å². The highest BCUT2D eigenvalue weighted by atomic mass is 35.5. The van der Waals surface area contributed by atoms with Crippen molar-refractivity contribution in [1.29, 1.82) is 0 Å². The molecule has 0 radical (unpaired) electrons. The van der Waals surface area contributed by atoms with Crippen LogP contribution in [0.1, 0.15) is 64.9 Å². The SMILES string of the molecule is CC(C)C(NC(=O)C1CCCC1OCN)C(=O)N1CCC(c2ccc(Cl)cc2)C(C)(C)C1. The first-order valence-corrected chi connectivity index (χ1v) is 12.2. The summed E-state index contributed by atoms with van der Waals surface area (Å²) in [7, 11) is 0. The second-order valence-electron chi connectivity index (χ2n) is 10.3. The first kappa shape index (κ1) is 25.0. The van der Waals surface area contributed by atoms with Gasteiger partial charge in [-0.05, 0) is 60.6 Å². The van der Waals surface area contributed by atoms with Gasteiger partial charge < -0.3 is 20.7 Å². The maximum atomic E-state index is 13.5. The molecule has 1 saturated carbocycles. The number of ether oxygens (including phenoxy) is 1. The van der Waals surface area contributed by atoms with Crippen LogP contribution in [0.25, 0.3) is 0 Å². The largest absolute Gasteiger partial charge is 0.362 e. The van der Waals surface area contributed by atoms with Crippen molar-refractivity contribution in [2.24, 2.45) is 23.0 Å². The zero-order valence-corrected chi connectivity index (χ0v) is 20.5. The van der Waals surface area contributed by atoms with Gasteiger partial charge in [0.15, 0.2) is 0 Å². The number of benzene rings is 1. The third-order valence-electron chi connectivity index (χ3n) is 7.14. The molecule has 1 saturated heterocycles. The van der Waals surface area contributed by atoms with E-state index in [0.29, 0.717) is 19.0 Å². The van der Waals surface area contributed by atoms with E-state index in [9.17, 15) is 9.59 Å². The van der Waals surface area contributed by atoms with Crippen molar-refractivity contribution < 1.29 is 14.3 Å². The average Bonchev–Trinajstić information content (AvgIpc) is 3.20. The Labute approximate surface area is 197 Å². The molecule has 6 nitrogen and oxygen atoms in total. The number of amides is 2. The fourth-order valence-electron chi connectivity index (χ4n) is 5.38. The zero-order chi connectivity index (χ0) is 23.5. The van der Waals surface area contributed by atoms with Crippen molar-refractivity contribution in [2.75, 3.05) is 19.8 Å². The quantitative estimate of drug-likeness (QED) is 0.600. The lowest BCUT2D eigenvalue weighted by Gasteiger charge is -2.46. The lowest BCUT2D eigenvalue weighted by Crippen LogP contribution is -2.57. The number of nitrogens with two attached hydrogens (primary N) is 1. The predicted octanol–water partition coefficient (Wildman–Crippen LogP) is 3.92. The average molecular weight is 464 g/mol. The lowest BCUT2D eigenvalue weighted by atomic mass is 9.70. The smallest absolute Gasteiger partial charge is 0.245 e. The summed E-state index contributed by atoms with van der Waals surface area (Å²) in [5, 5.41) is 3.79. The first-order valence-electron chi connectivity index (χ1n) is 11.8. The van der Waals surface area contributed by atoms with Crippen molar-refractivity contribution in [3.8, 4) is 0 Å². The van der Waals surface area contributed by atoms with Crippen LogP contribution in [0.4, 0.5) is 0 Å². The molecule has 3 rings (SSSR count). The number of rotatable bonds is 7. The number of piperidine rings is 1. The molecule has 2 aliphatic rings. The van der Waals surface area contributed by atoms with E-state index in [1.54, 1.807) is 0 Å². The Bertz CT molecular complexity index is 796. The van der Waals surface area contributed by atoms with E-state index in [-0.39, 0.29) is 41.9 Å². The Morgan fingerprint density at radius 2 is 1.91 bits per heavy atom. The second-order valence-corrected chi connectivity index (χ2v) is 10.7. The summed E-state index contributed by atoms with van der Waals surface area (Å²) < 4.78 is 5.56. The standard InChI is InChI=1S/C25H38ClN3O3/c1-16(2)22(28-23(30)19-6-5-7-21(19)32-15-27)24(31)29-13-12-20(25(3,4)14-29)17-8-10-18(26)11-9-17/h8-11,16,19-22H,5-7,12-15,27H2,1-4H3,(H,28,30). The minimum absolute atomic E-state index is 0.00108. The molecule has 1 aliphatic carbocycles. The topological polar surface area (TPSA) is 84.7 Å². The van der Waals surface area contributed by atoms with E-state index < -0.39 is 6.04 Å². The Morgan fingerprint density at radius 1 is 1.22 bits per heavy atom. The Morgan fingerprint density at radius 3 is 2.50 bits per heavy atom. The molecule has 178 valence electrons. The molecule has 1 aromatic rings. The summed E-state index contributed by atoms with van der Waals surface area (Å²) in [6.07, 6.45) is 3.28. The molecule has 1 aliphatic heterocycles. The van der Waals surface area contributed by atoms with E-state index in [4.69, 9.17) is 22.1 Å². The van der Waals surface area contributed by atoms with Gasteiger partial charge in [-0.2, -0.15) is 0 Å². The second kappa shape index (κ2) is 10.5. The lowest BCUT2D eigenvalue weighted by molar-refractivity contribution is -0.142. The fourth-order valence-corrected chi connectivity index (χ4v) is 5.50. The number of halogens is 1. The first-order chi connectivity index (χ1) is 15.1. The maximum absolute atomic E-state index is 13.5. The summed E-state index contributed by atoms with van der Waals surface area (Å²) in [6, 6.07) is 7.50. The van der Waals surface area contributed by atoms with Gasteiger partial charge in [0.1, 0.15) is 6.04 Å². The van der Waals surface area contributed by atoms with Crippen LogP contribution in [0.5, 0.6) is 0 Å². The van der Waals surface area contributed by atoms with Crippen molar-refractivity contribution in [1.82, 2.24) is 10.2 Å². The van der Waals surface area contributed by atoms with E-state index in [0.717, 1.165) is 30.7 Å². The third-order valence-corrected chi connectivity index (χ3v) is 7.40. The molecule has 4 unspecified atom stereocenters. The van der Waals surface area contributed by atoms with Gasteiger partial charge in [0.25, 0.3) is 0 Å². The highest BCUT2D eigenvalue weighted by Gasteiger charge is 2.41. The molecule has 32 heavy (non-hydrogen) atoms. The Kier molecular flexibility index (Phi) is 8.23. The van der Waals surface area contributed by atoms with Crippen molar-refractivity contribution >= 4 is 23.4 Å². The molecular formula is C25H38ClN3O3. The van der Waals surface area contributed by atoms with Gasteiger partial charge in [-0.25, -0.2) is 0 Å². The minimum atomic E-state index is -0.537. The van der Waals surface area contributed by atoms with Gasteiger partial charge in [0.2, 0.25) is 11.8 Å². The third kappa shape index (κ3) is 5.64. The highest BCUT2D eigenvalue weighted by molar-refractivity contribution is 6.30. The number of hydrogen-bond acceptors (Lipinski definition) is 4. The zero-order valence-electron chi connectivity index (χ0n) is 19.8. The van der Waals surface area contributed by atoms with Crippen LogP contribution < -0.4 is 11.1 Å². The van der Waals surface area contributed by atoms with Crippen molar-refractivity contribution in [2.45, 2.75) is 71.4 Å². The molecular weight excluding hydrogens is 426 g/mol. The Balaban J connectivity index is 1.67. The summed E-state index contributed by atoms with van der Waals surface area (Å²) in [6.45, 7) is 9.83. The van der Waals surface area contributed by atoms with Gasteiger partial charge in [-0.3, -0.25) is 9.59 Å². The fraction of sp³-hybridized carbons (Fsp3) is 0.680. The van der Waals surface area contributed by atoms with Crippen LogP contribution in [0, 0.1) is 17.3 Å². The van der Waals surface area contributed by atoms with Crippen LogP contribution in [0.2, 0.25) is 5.02 Å². The van der Waals surface area contributed by atoms with Crippen LogP contribution in [-0.2, 0) is 14.3 Å². The number of nitrogens with one attached hydrogen (secondary N) is 1. The van der Waals surface area contributed by atoms with Crippen LogP contribution in [0.15, 0.2) is 24.3 Å². The van der Waals surface area contributed by atoms with E-state index >= 15 is 0 Å². The summed E-state index contributed by atoms with van der Waals surface area (Å²) in [4.78, 5) is 28.5. The van der Waals surface area contributed by atoms with Gasteiger partial charge in [0.05, 0.1) is 18.8 Å². The number of carbonyl (C=O) groups excluding carboxylic acids is 2. The molecule has 7 heteroatoms. The summed E-state index contributed by atoms with van der Waals surface area (Å²) in [5.74, 6) is 0.0238. The van der Waals surface area contributed by atoms with Crippen molar-refractivity contribution in [3.63, 3.8) is 0 Å². The Hall–Kier alpha value is -1.63. The van der Waals surface area contributed by atoms with Gasteiger partial charge in [-0.15, -0.1) is 0 Å². The monoisotopic (exact) mass is 463 g/mol. The number of hydrogen-bond donors (Lipinski definition) is 2. The van der Waals surface area contributed by atoms with Crippen LogP contribution in [0.3, 0.4) is 0 Å². The molecule has 0 bridgehead atoms. The summed E-state index contributed by atoms with van der Waals surface area (Å²) >= 11 is 6.06. The predicted molar refractivity (Wildman–Crippen MR) is 127 cm³/mol. The molecule has 1 heterocycles. The molecule has 0 spiro atoms. The van der Waals surface area contributed by atoms with Gasteiger partial charge in [0, 0.05) is 18.1 Å². The molecule has 0 aromatic heterocycles.